The fourth-order valence-electron chi connectivity index (χ4n) is 0.681. The first kappa shape index (κ1) is 12.7. The smallest absolute Gasteiger partial charge is 0.450 e. The molecule has 1 rings (SSSR count). The summed E-state index contributed by atoms with van der Waals surface area (Å²) in [6, 6.07) is 6.02. The van der Waals surface area contributed by atoms with E-state index in [9.17, 15) is 4.39 Å². The van der Waals surface area contributed by atoms with Crippen LogP contribution in [0.1, 0.15) is 0 Å². The van der Waals surface area contributed by atoms with Gasteiger partial charge in [0.2, 0.25) is 0 Å². The quantitative estimate of drug-likeness (QED) is 0.410. The monoisotopic (exact) mass is 215 g/mol. The third-order valence-electron chi connectivity index (χ3n) is 1.10. The standard InChI is InChI=1S/C7H8FN3.CH2O3/c8-5-3-1-2-4-6(5)11-7(9)10;2-1(3)4/h1-4H,(H4,9,10,11);(H2,2,3,4). The summed E-state index contributed by atoms with van der Waals surface area (Å²) in [5, 5.41) is 13.9. The fourth-order valence-corrected chi connectivity index (χ4v) is 0.681. The maximum absolute atomic E-state index is 12.7. The molecule has 0 bridgehead atoms. The lowest BCUT2D eigenvalue weighted by atomic mass is 10.3. The second-order valence-corrected chi connectivity index (χ2v) is 2.27. The Morgan fingerprint density at radius 2 is 1.73 bits per heavy atom. The average molecular weight is 215 g/mol. The molecule has 0 radical (unpaired) electrons. The Labute approximate surface area is 84.7 Å². The van der Waals surface area contributed by atoms with Crippen LogP contribution in [0.25, 0.3) is 0 Å². The Bertz CT molecular complexity index is 360. The van der Waals surface area contributed by atoms with Crippen molar-refractivity contribution >= 4 is 17.8 Å². The molecule has 6 N–H and O–H groups in total. The second kappa shape index (κ2) is 6.19. The molecular formula is C8H10FN3O3. The second-order valence-electron chi connectivity index (χ2n) is 2.27. The zero-order valence-electron chi connectivity index (χ0n) is 7.59. The van der Waals surface area contributed by atoms with Gasteiger partial charge in [-0.15, -0.1) is 0 Å². The molecule has 0 heterocycles. The van der Waals surface area contributed by atoms with E-state index in [1.165, 1.54) is 12.1 Å². The first-order valence-corrected chi connectivity index (χ1v) is 3.69. The SMILES string of the molecule is NC(N)=Nc1ccccc1F.O=C(O)O. The largest absolute Gasteiger partial charge is 0.503 e. The van der Waals surface area contributed by atoms with E-state index in [1.54, 1.807) is 12.1 Å². The van der Waals surface area contributed by atoms with Crippen molar-refractivity contribution in [3.8, 4) is 0 Å². The Kier molecular flexibility index (Phi) is 5.24. The number of rotatable bonds is 1. The molecule has 0 aliphatic carbocycles. The van der Waals surface area contributed by atoms with Crippen molar-refractivity contribution in [3.05, 3.63) is 30.1 Å². The predicted octanol–water partition coefficient (Wildman–Crippen LogP) is 0.953. The van der Waals surface area contributed by atoms with Gasteiger partial charge in [-0.2, -0.15) is 0 Å². The van der Waals surface area contributed by atoms with Gasteiger partial charge < -0.3 is 21.7 Å². The van der Waals surface area contributed by atoms with Crippen LogP contribution < -0.4 is 11.5 Å². The number of nitrogens with two attached hydrogens (primary N) is 2. The van der Waals surface area contributed by atoms with Crippen LogP contribution in [0.15, 0.2) is 29.3 Å². The van der Waals surface area contributed by atoms with Gasteiger partial charge in [0.1, 0.15) is 11.5 Å². The molecule has 0 saturated carbocycles. The molecule has 82 valence electrons. The third kappa shape index (κ3) is 6.82. The highest BCUT2D eigenvalue weighted by Gasteiger charge is 1.96. The van der Waals surface area contributed by atoms with E-state index in [1.807, 2.05) is 0 Å². The number of guanidine groups is 1. The number of hydrogen-bond donors (Lipinski definition) is 4. The first-order chi connectivity index (χ1) is 6.93. The van der Waals surface area contributed by atoms with Gasteiger partial charge in [-0.3, -0.25) is 0 Å². The summed E-state index contributed by atoms with van der Waals surface area (Å²) >= 11 is 0. The van der Waals surface area contributed by atoms with Crippen molar-refractivity contribution in [3.63, 3.8) is 0 Å². The molecule has 6 nitrogen and oxygen atoms in total. The van der Waals surface area contributed by atoms with Gasteiger partial charge in [-0.25, -0.2) is 14.2 Å². The molecule has 0 aromatic heterocycles. The lowest BCUT2D eigenvalue weighted by Gasteiger charge is -1.94. The van der Waals surface area contributed by atoms with Crippen LogP contribution in [0.3, 0.4) is 0 Å². The van der Waals surface area contributed by atoms with E-state index in [0.717, 1.165) is 0 Å². The van der Waals surface area contributed by atoms with Gasteiger partial charge in [0.15, 0.2) is 5.96 Å². The Hall–Kier alpha value is -2.31. The van der Waals surface area contributed by atoms with E-state index in [2.05, 4.69) is 4.99 Å². The number of aliphatic imine (C=N–C) groups is 1. The summed E-state index contributed by atoms with van der Waals surface area (Å²) in [7, 11) is 0. The minimum Gasteiger partial charge on any atom is -0.450 e. The van der Waals surface area contributed by atoms with Crippen LogP contribution in [0.2, 0.25) is 0 Å². The number of para-hydroxylation sites is 1. The summed E-state index contributed by atoms with van der Waals surface area (Å²) in [5.74, 6) is -0.573. The normalized spacial score (nSPS) is 8.33. The Morgan fingerprint density at radius 1 is 1.27 bits per heavy atom. The van der Waals surface area contributed by atoms with Gasteiger partial charge >= 0.3 is 6.16 Å². The molecule has 1 aromatic carbocycles. The zero-order valence-corrected chi connectivity index (χ0v) is 7.59. The van der Waals surface area contributed by atoms with E-state index < -0.39 is 12.0 Å². The van der Waals surface area contributed by atoms with Crippen molar-refractivity contribution in [1.82, 2.24) is 0 Å². The molecule has 0 aliphatic heterocycles. The number of nitrogens with zero attached hydrogens (tertiary/aromatic N) is 1. The number of hydrogen-bond acceptors (Lipinski definition) is 2. The highest BCUT2D eigenvalue weighted by atomic mass is 19.1. The fraction of sp³-hybridized carbons (Fsp3) is 0. The van der Waals surface area contributed by atoms with Crippen LogP contribution in [0, 0.1) is 5.82 Å². The van der Waals surface area contributed by atoms with Crippen molar-refractivity contribution in [2.75, 3.05) is 0 Å². The average Bonchev–Trinajstić information content (AvgIpc) is 2.07. The zero-order chi connectivity index (χ0) is 11.8. The minimum absolute atomic E-state index is 0.143. The molecule has 7 heteroatoms. The van der Waals surface area contributed by atoms with Gasteiger partial charge in [-0.1, -0.05) is 12.1 Å². The molecule has 0 atom stereocenters. The summed E-state index contributed by atoms with van der Waals surface area (Å²) in [6.07, 6.45) is -1.83. The predicted molar refractivity (Wildman–Crippen MR) is 52.5 cm³/mol. The van der Waals surface area contributed by atoms with Crippen molar-refractivity contribution < 1.29 is 19.4 Å². The summed E-state index contributed by atoms with van der Waals surface area (Å²) < 4.78 is 12.7. The maximum atomic E-state index is 12.7. The van der Waals surface area contributed by atoms with Gasteiger partial charge in [0.05, 0.1) is 0 Å². The highest BCUT2D eigenvalue weighted by molar-refractivity contribution is 5.79. The summed E-state index contributed by atoms with van der Waals surface area (Å²) in [5.41, 5.74) is 10.3. The topological polar surface area (TPSA) is 122 Å². The van der Waals surface area contributed by atoms with Crippen molar-refractivity contribution in [1.29, 1.82) is 0 Å². The Balaban J connectivity index is 0.000000423. The molecule has 0 spiro atoms. The van der Waals surface area contributed by atoms with Gasteiger partial charge in [0.25, 0.3) is 0 Å². The van der Waals surface area contributed by atoms with Crippen LogP contribution in [-0.2, 0) is 0 Å². The van der Waals surface area contributed by atoms with E-state index >= 15 is 0 Å². The van der Waals surface area contributed by atoms with Crippen LogP contribution in [-0.4, -0.2) is 22.3 Å². The third-order valence-corrected chi connectivity index (χ3v) is 1.10. The molecule has 0 saturated heterocycles. The Morgan fingerprint density at radius 3 is 2.13 bits per heavy atom. The van der Waals surface area contributed by atoms with Crippen LogP contribution >= 0.6 is 0 Å². The molecule has 0 aliphatic rings. The number of benzene rings is 1. The van der Waals surface area contributed by atoms with Crippen LogP contribution in [0.4, 0.5) is 14.9 Å². The van der Waals surface area contributed by atoms with Gasteiger partial charge in [-0.05, 0) is 12.1 Å². The van der Waals surface area contributed by atoms with Crippen molar-refractivity contribution in [2.24, 2.45) is 16.5 Å². The summed E-state index contributed by atoms with van der Waals surface area (Å²) in [4.78, 5) is 12.1. The lowest BCUT2D eigenvalue weighted by molar-refractivity contribution is 0.137. The van der Waals surface area contributed by atoms with E-state index in [4.69, 9.17) is 26.5 Å². The number of carbonyl (C=O) groups is 1. The summed E-state index contributed by atoms with van der Waals surface area (Å²) in [6.45, 7) is 0. The van der Waals surface area contributed by atoms with E-state index in [-0.39, 0.29) is 11.6 Å². The van der Waals surface area contributed by atoms with Crippen LogP contribution in [0.5, 0.6) is 0 Å². The minimum atomic E-state index is -1.83. The molecule has 15 heavy (non-hydrogen) atoms. The molecule has 0 amide bonds. The highest BCUT2D eigenvalue weighted by Crippen LogP contribution is 2.15. The number of halogens is 1. The first-order valence-electron chi connectivity index (χ1n) is 3.69. The van der Waals surface area contributed by atoms with E-state index in [0.29, 0.717) is 0 Å². The van der Waals surface area contributed by atoms with Gasteiger partial charge in [0, 0.05) is 0 Å². The number of carboxylic acid groups (broad SMARTS) is 2. The van der Waals surface area contributed by atoms with Crippen molar-refractivity contribution in [2.45, 2.75) is 0 Å². The molecule has 1 aromatic rings. The molecular weight excluding hydrogens is 205 g/mol. The lowest BCUT2D eigenvalue weighted by Crippen LogP contribution is -2.22. The molecule has 0 unspecified atom stereocenters. The molecule has 0 fully saturated rings. The maximum Gasteiger partial charge on any atom is 0.503 e.